The smallest absolute Gasteiger partial charge is 0.127 e. The molecule has 0 N–H and O–H groups in total. The number of halogens is 1. The number of rotatable bonds is 14. The summed E-state index contributed by atoms with van der Waals surface area (Å²) in [5.74, 6) is 2.68. The van der Waals surface area contributed by atoms with Gasteiger partial charge in [0.2, 0.25) is 0 Å². The number of benzene rings is 2. The van der Waals surface area contributed by atoms with Crippen LogP contribution in [0.1, 0.15) is 70.3 Å². The number of alkyl halides is 1. The summed E-state index contributed by atoms with van der Waals surface area (Å²) in [6.07, 6.45) is 10.8. The summed E-state index contributed by atoms with van der Waals surface area (Å²) in [5, 5.41) is 2.30. The Hall–Kier alpha value is -1.41. The Balaban J connectivity index is 1.95. The summed E-state index contributed by atoms with van der Waals surface area (Å²) in [7, 11) is 0. The normalized spacial score (nSPS) is 11.1. The van der Waals surface area contributed by atoms with Gasteiger partial charge in [0.25, 0.3) is 0 Å². The van der Waals surface area contributed by atoms with E-state index in [9.17, 15) is 0 Å². The highest BCUT2D eigenvalue weighted by Crippen LogP contribution is 2.34. The zero-order valence-corrected chi connectivity index (χ0v) is 17.8. The second-order valence-corrected chi connectivity index (χ2v) is 7.70. The number of fused-ring (bicyclic) bond motifs is 1. The van der Waals surface area contributed by atoms with Gasteiger partial charge in [0, 0.05) is 16.7 Å². The van der Waals surface area contributed by atoms with E-state index >= 15 is 0 Å². The van der Waals surface area contributed by atoms with Crippen LogP contribution in [0.2, 0.25) is 0 Å². The quantitative estimate of drug-likeness (QED) is 0.243. The molecule has 0 bridgehead atoms. The lowest BCUT2D eigenvalue weighted by Crippen LogP contribution is -2.01. The third-order valence-electron chi connectivity index (χ3n) is 4.88. The Morgan fingerprint density at radius 2 is 1.30 bits per heavy atom. The Kier molecular flexibility index (Phi) is 10.4. The van der Waals surface area contributed by atoms with Crippen molar-refractivity contribution in [3.63, 3.8) is 0 Å². The minimum Gasteiger partial charge on any atom is -0.493 e. The molecule has 0 heterocycles. The topological polar surface area (TPSA) is 18.5 Å². The van der Waals surface area contributed by atoms with Crippen molar-refractivity contribution in [1.29, 1.82) is 0 Å². The molecule has 0 aromatic heterocycles. The van der Waals surface area contributed by atoms with Crippen LogP contribution >= 0.6 is 11.6 Å². The average molecular weight is 391 g/mol. The van der Waals surface area contributed by atoms with Crippen molar-refractivity contribution in [2.45, 2.75) is 71.6 Å². The van der Waals surface area contributed by atoms with Gasteiger partial charge in [-0.25, -0.2) is 0 Å². The van der Waals surface area contributed by atoms with E-state index in [0.717, 1.165) is 60.6 Å². The molecule has 0 spiro atoms. The van der Waals surface area contributed by atoms with E-state index in [1.165, 1.54) is 44.1 Å². The summed E-state index contributed by atoms with van der Waals surface area (Å²) in [6.45, 7) is 5.90. The first-order chi connectivity index (χ1) is 13.3. The van der Waals surface area contributed by atoms with Crippen molar-refractivity contribution in [1.82, 2.24) is 0 Å². The van der Waals surface area contributed by atoms with Gasteiger partial charge in [-0.05, 0) is 44.4 Å². The second-order valence-electron chi connectivity index (χ2n) is 7.33. The molecular weight excluding hydrogens is 356 g/mol. The third-order valence-corrected chi connectivity index (χ3v) is 5.15. The first kappa shape index (κ1) is 21.9. The highest BCUT2D eigenvalue weighted by molar-refractivity contribution is 6.17. The van der Waals surface area contributed by atoms with Crippen LogP contribution < -0.4 is 9.47 Å². The molecule has 0 aliphatic heterocycles. The number of unbranched alkanes of at least 4 members (excludes halogenated alkanes) is 7. The van der Waals surface area contributed by atoms with Crippen LogP contribution in [-0.2, 0) is 0 Å². The van der Waals surface area contributed by atoms with Gasteiger partial charge in [0.05, 0.1) is 13.2 Å². The predicted molar refractivity (Wildman–Crippen MR) is 118 cm³/mol. The first-order valence-corrected chi connectivity index (χ1v) is 11.1. The van der Waals surface area contributed by atoms with Gasteiger partial charge in [-0.2, -0.15) is 0 Å². The summed E-state index contributed by atoms with van der Waals surface area (Å²) in [6, 6.07) is 10.6. The molecule has 27 heavy (non-hydrogen) atoms. The van der Waals surface area contributed by atoms with Crippen LogP contribution in [-0.4, -0.2) is 19.1 Å². The average Bonchev–Trinajstić information content (AvgIpc) is 2.68. The minimum atomic E-state index is 0.753. The molecule has 0 atom stereocenters. The molecule has 0 fully saturated rings. The molecule has 2 aromatic carbocycles. The van der Waals surface area contributed by atoms with E-state index < -0.39 is 0 Å². The maximum Gasteiger partial charge on any atom is 0.127 e. The zero-order valence-electron chi connectivity index (χ0n) is 17.1. The highest BCUT2D eigenvalue weighted by Gasteiger charge is 2.09. The van der Waals surface area contributed by atoms with E-state index in [4.69, 9.17) is 21.1 Å². The summed E-state index contributed by atoms with van der Waals surface area (Å²) in [5.41, 5.74) is 1.24. The highest BCUT2D eigenvalue weighted by atomic mass is 35.5. The van der Waals surface area contributed by atoms with Gasteiger partial charge in [-0.15, -0.1) is 11.6 Å². The largest absolute Gasteiger partial charge is 0.493 e. The fourth-order valence-electron chi connectivity index (χ4n) is 3.28. The predicted octanol–water partition coefficient (Wildman–Crippen LogP) is 7.68. The molecule has 2 nitrogen and oxygen atoms in total. The van der Waals surface area contributed by atoms with E-state index in [1.807, 2.05) is 0 Å². The molecule has 2 rings (SSSR count). The summed E-state index contributed by atoms with van der Waals surface area (Å²) >= 11 is 5.73. The van der Waals surface area contributed by atoms with E-state index in [1.54, 1.807) is 0 Å². The van der Waals surface area contributed by atoms with Gasteiger partial charge in [-0.3, -0.25) is 0 Å². The Morgan fingerprint density at radius 1 is 0.704 bits per heavy atom. The molecule has 0 amide bonds. The van der Waals surface area contributed by atoms with Crippen molar-refractivity contribution in [2.24, 2.45) is 0 Å². The Bertz CT molecular complexity index is 669. The van der Waals surface area contributed by atoms with Crippen LogP contribution in [0.25, 0.3) is 10.8 Å². The van der Waals surface area contributed by atoms with E-state index in [2.05, 4.69) is 44.2 Å². The molecule has 0 unspecified atom stereocenters. The molecule has 0 radical (unpaired) electrons. The first-order valence-electron chi connectivity index (χ1n) is 10.6. The molecule has 0 saturated heterocycles. The molecule has 0 aliphatic carbocycles. The maximum absolute atomic E-state index is 6.10. The lowest BCUT2D eigenvalue weighted by atomic mass is 10.1. The lowest BCUT2D eigenvalue weighted by molar-refractivity contribution is 0.302. The number of hydrogen-bond donors (Lipinski definition) is 0. The number of aryl methyl sites for hydroxylation is 1. The molecule has 3 heteroatoms. The number of hydrogen-bond acceptors (Lipinski definition) is 2. The Labute approximate surface area is 170 Å². The fraction of sp³-hybridized carbons (Fsp3) is 0.583. The monoisotopic (exact) mass is 390 g/mol. The van der Waals surface area contributed by atoms with Crippen LogP contribution in [0.15, 0.2) is 30.3 Å². The summed E-state index contributed by atoms with van der Waals surface area (Å²) < 4.78 is 12.2. The van der Waals surface area contributed by atoms with Crippen molar-refractivity contribution < 1.29 is 9.47 Å². The fourth-order valence-corrected chi connectivity index (χ4v) is 3.47. The van der Waals surface area contributed by atoms with Gasteiger partial charge in [0.1, 0.15) is 11.5 Å². The van der Waals surface area contributed by atoms with Crippen molar-refractivity contribution in [3.8, 4) is 11.5 Å². The maximum atomic E-state index is 6.10. The standard InChI is InChI=1S/C24H35ClO2/c1-3-4-5-7-10-17-26-23-14-15-24(27-18-11-8-6-9-16-25)22-19-20(2)12-13-21(22)23/h12-15,19H,3-11,16-18H2,1-2H3. The molecule has 2 aromatic rings. The van der Waals surface area contributed by atoms with Crippen LogP contribution in [0.4, 0.5) is 0 Å². The van der Waals surface area contributed by atoms with Gasteiger partial charge >= 0.3 is 0 Å². The third kappa shape index (κ3) is 7.62. The molecule has 0 aliphatic rings. The van der Waals surface area contributed by atoms with Gasteiger partial charge in [0.15, 0.2) is 0 Å². The van der Waals surface area contributed by atoms with Crippen LogP contribution in [0.5, 0.6) is 11.5 Å². The SMILES string of the molecule is CCCCCCCOc1ccc(OCCCCCCCl)c2cc(C)ccc12. The second kappa shape index (κ2) is 12.9. The van der Waals surface area contributed by atoms with Gasteiger partial charge < -0.3 is 9.47 Å². The molecule has 150 valence electrons. The van der Waals surface area contributed by atoms with E-state index in [0.29, 0.717) is 0 Å². The molecular formula is C24H35ClO2. The Morgan fingerprint density at radius 3 is 1.93 bits per heavy atom. The van der Waals surface area contributed by atoms with Crippen molar-refractivity contribution in [3.05, 3.63) is 35.9 Å². The van der Waals surface area contributed by atoms with Crippen molar-refractivity contribution >= 4 is 22.4 Å². The molecule has 0 saturated carbocycles. The van der Waals surface area contributed by atoms with E-state index in [-0.39, 0.29) is 0 Å². The minimum absolute atomic E-state index is 0.753. The van der Waals surface area contributed by atoms with Crippen LogP contribution in [0.3, 0.4) is 0 Å². The van der Waals surface area contributed by atoms with Gasteiger partial charge in [-0.1, -0.05) is 63.1 Å². The lowest BCUT2D eigenvalue weighted by Gasteiger charge is -2.14. The van der Waals surface area contributed by atoms with Crippen LogP contribution in [0, 0.1) is 6.92 Å². The number of ether oxygens (including phenoxy) is 2. The summed E-state index contributed by atoms with van der Waals surface area (Å²) in [4.78, 5) is 0. The van der Waals surface area contributed by atoms with Crippen molar-refractivity contribution in [2.75, 3.05) is 19.1 Å². The zero-order chi connectivity index (χ0) is 19.3.